The number of ether oxygens (including phenoxy) is 2. The molecule has 19 heavy (non-hydrogen) atoms. The SMILES string of the molecule is CCCOc1ccccc1C(CCCOC)NCC. The highest BCUT2D eigenvalue weighted by molar-refractivity contribution is 5.36. The second kappa shape index (κ2) is 9.82. The number of nitrogens with one attached hydrogen (secondary N) is 1. The molecule has 108 valence electrons. The Morgan fingerprint density at radius 1 is 1.16 bits per heavy atom. The van der Waals surface area contributed by atoms with E-state index in [0.717, 1.165) is 44.8 Å². The Morgan fingerprint density at radius 3 is 2.63 bits per heavy atom. The van der Waals surface area contributed by atoms with Crippen LogP contribution in [-0.4, -0.2) is 26.9 Å². The van der Waals surface area contributed by atoms with Crippen LogP contribution in [0, 0.1) is 0 Å². The van der Waals surface area contributed by atoms with Crippen molar-refractivity contribution in [3.05, 3.63) is 29.8 Å². The smallest absolute Gasteiger partial charge is 0.124 e. The van der Waals surface area contributed by atoms with Gasteiger partial charge in [0.05, 0.1) is 6.61 Å². The third-order valence-corrected chi connectivity index (χ3v) is 3.05. The molecular weight excluding hydrogens is 238 g/mol. The highest BCUT2D eigenvalue weighted by atomic mass is 16.5. The third kappa shape index (κ3) is 5.62. The van der Waals surface area contributed by atoms with Crippen molar-refractivity contribution in [3.63, 3.8) is 0 Å². The molecule has 0 bridgehead atoms. The topological polar surface area (TPSA) is 30.5 Å². The van der Waals surface area contributed by atoms with Gasteiger partial charge in [-0.05, 0) is 31.9 Å². The average Bonchev–Trinajstić information content (AvgIpc) is 2.45. The summed E-state index contributed by atoms with van der Waals surface area (Å²) in [6.07, 6.45) is 3.15. The van der Waals surface area contributed by atoms with Crippen molar-refractivity contribution >= 4 is 0 Å². The lowest BCUT2D eigenvalue weighted by molar-refractivity contribution is 0.188. The Labute approximate surface area is 117 Å². The normalized spacial score (nSPS) is 12.4. The number of hydrogen-bond donors (Lipinski definition) is 1. The van der Waals surface area contributed by atoms with Crippen LogP contribution in [0.25, 0.3) is 0 Å². The molecule has 3 nitrogen and oxygen atoms in total. The van der Waals surface area contributed by atoms with Crippen LogP contribution >= 0.6 is 0 Å². The van der Waals surface area contributed by atoms with Crippen LogP contribution in [0.2, 0.25) is 0 Å². The summed E-state index contributed by atoms with van der Waals surface area (Å²) in [5, 5.41) is 3.54. The molecule has 0 fully saturated rings. The van der Waals surface area contributed by atoms with E-state index in [-0.39, 0.29) is 0 Å². The van der Waals surface area contributed by atoms with Crippen LogP contribution < -0.4 is 10.1 Å². The summed E-state index contributed by atoms with van der Waals surface area (Å²) in [6.45, 7) is 6.80. The fourth-order valence-electron chi connectivity index (χ4n) is 2.16. The van der Waals surface area contributed by atoms with Crippen molar-refractivity contribution in [2.24, 2.45) is 0 Å². The second-order valence-corrected chi connectivity index (χ2v) is 4.63. The van der Waals surface area contributed by atoms with Gasteiger partial charge >= 0.3 is 0 Å². The molecule has 1 aromatic rings. The Morgan fingerprint density at radius 2 is 1.95 bits per heavy atom. The molecule has 0 aliphatic heterocycles. The molecule has 0 spiro atoms. The van der Waals surface area contributed by atoms with Crippen molar-refractivity contribution < 1.29 is 9.47 Å². The van der Waals surface area contributed by atoms with Gasteiger partial charge in [-0.1, -0.05) is 32.0 Å². The summed E-state index contributed by atoms with van der Waals surface area (Å²) in [4.78, 5) is 0. The monoisotopic (exact) mass is 265 g/mol. The third-order valence-electron chi connectivity index (χ3n) is 3.05. The Bertz CT molecular complexity index is 341. The summed E-state index contributed by atoms with van der Waals surface area (Å²) in [5.74, 6) is 1.01. The van der Waals surface area contributed by atoms with E-state index < -0.39 is 0 Å². The van der Waals surface area contributed by atoms with E-state index in [9.17, 15) is 0 Å². The Kier molecular flexibility index (Phi) is 8.26. The van der Waals surface area contributed by atoms with Crippen LogP contribution in [0.5, 0.6) is 5.75 Å². The van der Waals surface area contributed by atoms with Crippen LogP contribution in [0.15, 0.2) is 24.3 Å². The standard InChI is InChI=1S/C16H27NO2/c1-4-12-19-16-11-7-6-9-14(16)15(17-5-2)10-8-13-18-3/h6-7,9,11,15,17H,4-5,8,10,12-13H2,1-3H3. The van der Waals surface area contributed by atoms with Crippen LogP contribution in [0.4, 0.5) is 0 Å². The van der Waals surface area contributed by atoms with E-state index in [0.29, 0.717) is 6.04 Å². The van der Waals surface area contributed by atoms with Crippen LogP contribution in [-0.2, 0) is 4.74 Å². The van der Waals surface area contributed by atoms with E-state index in [1.165, 1.54) is 5.56 Å². The second-order valence-electron chi connectivity index (χ2n) is 4.63. The molecule has 3 heteroatoms. The van der Waals surface area contributed by atoms with Gasteiger partial charge < -0.3 is 14.8 Å². The molecule has 0 aliphatic carbocycles. The van der Waals surface area contributed by atoms with E-state index in [2.05, 4.69) is 37.4 Å². The molecule has 0 aliphatic rings. The number of benzene rings is 1. The quantitative estimate of drug-likeness (QED) is 0.656. The lowest BCUT2D eigenvalue weighted by atomic mass is 10.0. The van der Waals surface area contributed by atoms with Gasteiger partial charge in [-0.2, -0.15) is 0 Å². The predicted molar refractivity (Wildman–Crippen MR) is 79.8 cm³/mol. The minimum atomic E-state index is 0.341. The highest BCUT2D eigenvalue weighted by Gasteiger charge is 2.14. The fourth-order valence-corrected chi connectivity index (χ4v) is 2.16. The van der Waals surface area contributed by atoms with Crippen molar-refractivity contribution in [2.75, 3.05) is 26.9 Å². The zero-order chi connectivity index (χ0) is 13.9. The van der Waals surface area contributed by atoms with Crippen molar-refractivity contribution in [3.8, 4) is 5.75 Å². The maximum absolute atomic E-state index is 5.85. The molecule has 0 aromatic heterocycles. The largest absolute Gasteiger partial charge is 0.493 e. The molecule has 0 heterocycles. The van der Waals surface area contributed by atoms with Crippen LogP contribution in [0.1, 0.15) is 44.7 Å². The first-order valence-corrected chi connectivity index (χ1v) is 7.27. The first-order valence-electron chi connectivity index (χ1n) is 7.27. The number of para-hydroxylation sites is 1. The first-order chi connectivity index (χ1) is 9.33. The maximum atomic E-state index is 5.85. The van der Waals surface area contributed by atoms with Gasteiger partial charge in [0.25, 0.3) is 0 Å². The molecular formula is C16H27NO2. The molecule has 1 N–H and O–H groups in total. The predicted octanol–water partition coefficient (Wildman–Crippen LogP) is 3.55. The number of methoxy groups -OCH3 is 1. The van der Waals surface area contributed by atoms with Gasteiger partial charge in [-0.3, -0.25) is 0 Å². The van der Waals surface area contributed by atoms with E-state index in [1.807, 2.05) is 6.07 Å². The first kappa shape index (κ1) is 16.0. The summed E-state index contributed by atoms with van der Waals surface area (Å²) in [5.41, 5.74) is 1.26. The molecule has 1 atom stereocenters. The lowest BCUT2D eigenvalue weighted by Crippen LogP contribution is -2.22. The summed E-state index contributed by atoms with van der Waals surface area (Å²) >= 11 is 0. The molecule has 1 aromatic carbocycles. The maximum Gasteiger partial charge on any atom is 0.124 e. The minimum Gasteiger partial charge on any atom is -0.493 e. The van der Waals surface area contributed by atoms with Gasteiger partial charge in [-0.25, -0.2) is 0 Å². The van der Waals surface area contributed by atoms with Gasteiger partial charge in [-0.15, -0.1) is 0 Å². The summed E-state index contributed by atoms with van der Waals surface area (Å²) in [7, 11) is 1.75. The molecule has 0 saturated heterocycles. The minimum absolute atomic E-state index is 0.341. The van der Waals surface area contributed by atoms with Gasteiger partial charge in [0.1, 0.15) is 5.75 Å². The number of hydrogen-bond acceptors (Lipinski definition) is 3. The summed E-state index contributed by atoms with van der Waals surface area (Å²) < 4.78 is 11.0. The van der Waals surface area contributed by atoms with Gasteiger partial charge in [0.2, 0.25) is 0 Å². The molecule has 0 amide bonds. The van der Waals surface area contributed by atoms with E-state index >= 15 is 0 Å². The number of rotatable bonds is 10. The van der Waals surface area contributed by atoms with Gasteiger partial charge in [0.15, 0.2) is 0 Å². The fraction of sp³-hybridized carbons (Fsp3) is 0.625. The van der Waals surface area contributed by atoms with Crippen molar-refractivity contribution in [2.45, 2.75) is 39.2 Å². The van der Waals surface area contributed by atoms with Crippen LogP contribution in [0.3, 0.4) is 0 Å². The Hall–Kier alpha value is -1.06. The van der Waals surface area contributed by atoms with Crippen molar-refractivity contribution in [1.82, 2.24) is 5.32 Å². The highest BCUT2D eigenvalue weighted by Crippen LogP contribution is 2.28. The average molecular weight is 265 g/mol. The molecule has 0 radical (unpaired) electrons. The van der Waals surface area contributed by atoms with E-state index in [4.69, 9.17) is 9.47 Å². The summed E-state index contributed by atoms with van der Waals surface area (Å²) in [6, 6.07) is 8.67. The van der Waals surface area contributed by atoms with Gasteiger partial charge in [0, 0.05) is 25.3 Å². The lowest BCUT2D eigenvalue weighted by Gasteiger charge is -2.21. The van der Waals surface area contributed by atoms with E-state index in [1.54, 1.807) is 7.11 Å². The zero-order valence-corrected chi connectivity index (χ0v) is 12.4. The Balaban J connectivity index is 2.75. The molecule has 0 saturated carbocycles. The molecule has 1 rings (SSSR count). The van der Waals surface area contributed by atoms with Crippen molar-refractivity contribution in [1.29, 1.82) is 0 Å². The molecule has 1 unspecified atom stereocenters. The zero-order valence-electron chi connectivity index (χ0n) is 12.4.